The summed E-state index contributed by atoms with van der Waals surface area (Å²) in [5.74, 6) is 1.81. The highest BCUT2D eigenvalue weighted by Crippen LogP contribution is 2.48. The lowest BCUT2D eigenvalue weighted by molar-refractivity contribution is 0.112. The molecule has 32 heavy (non-hydrogen) atoms. The number of imidazole rings is 1. The van der Waals surface area contributed by atoms with Crippen LogP contribution in [0.25, 0.3) is 11.2 Å². The minimum absolute atomic E-state index is 0.177. The van der Waals surface area contributed by atoms with Gasteiger partial charge < -0.3 is 14.0 Å². The van der Waals surface area contributed by atoms with Gasteiger partial charge in [0.2, 0.25) is 5.89 Å². The number of carbonyl (C=O) groups excluding carboxylic acids is 1. The van der Waals surface area contributed by atoms with Gasteiger partial charge in [0.25, 0.3) is 5.56 Å². The molecule has 1 unspecified atom stereocenters. The highest BCUT2D eigenvalue weighted by Gasteiger charge is 2.47. The Morgan fingerprint density at radius 1 is 1.16 bits per heavy atom. The molecular formula is C22H21N7O3. The second-order valence-electron chi connectivity index (χ2n) is 8.61. The molecule has 1 saturated heterocycles. The van der Waals surface area contributed by atoms with Crippen LogP contribution in [0.1, 0.15) is 40.8 Å². The quantitative estimate of drug-likeness (QED) is 0.440. The molecule has 162 valence electrons. The molecule has 2 aliphatic rings. The summed E-state index contributed by atoms with van der Waals surface area (Å²) >= 11 is 0. The molecule has 1 aliphatic carbocycles. The van der Waals surface area contributed by atoms with E-state index in [1.54, 1.807) is 17.9 Å². The van der Waals surface area contributed by atoms with E-state index in [0.29, 0.717) is 40.4 Å². The first-order chi connectivity index (χ1) is 15.6. The summed E-state index contributed by atoms with van der Waals surface area (Å²) in [6, 6.07) is 8.16. The standard InChI is InChI=1S/C22H21N7O3/c1-27-11-23-21-19(27)22(31)28(12-24-21)9-18-25-20(26-32-18)17-7-16-6-14(17)8-29(16)15-4-2-13(10-30)3-5-15/h2-5,10-12,14,16-17H,6-9H2,1H3/t14-,16?,17+/m0/s1. The smallest absolute Gasteiger partial charge is 0.280 e. The molecule has 1 aliphatic heterocycles. The van der Waals surface area contributed by atoms with Crippen LogP contribution in [0.5, 0.6) is 0 Å². The fourth-order valence-corrected chi connectivity index (χ4v) is 5.14. The lowest BCUT2D eigenvalue weighted by Crippen LogP contribution is -2.35. The minimum Gasteiger partial charge on any atom is -0.368 e. The predicted octanol–water partition coefficient (Wildman–Crippen LogP) is 1.76. The Hall–Kier alpha value is -3.82. The summed E-state index contributed by atoms with van der Waals surface area (Å²) in [6.45, 7) is 1.11. The predicted molar refractivity (Wildman–Crippen MR) is 115 cm³/mol. The van der Waals surface area contributed by atoms with Gasteiger partial charge in [0, 0.05) is 36.8 Å². The van der Waals surface area contributed by atoms with Crippen LogP contribution in [0.4, 0.5) is 5.69 Å². The minimum atomic E-state index is -0.189. The van der Waals surface area contributed by atoms with Gasteiger partial charge in [0.1, 0.15) is 19.2 Å². The molecule has 0 spiro atoms. The van der Waals surface area contributed by atoms with E-state index >= 15 is 0 Å². The lowest BCUT2D eigenvalue weighted by Gasteiger charge is -2.32. The zero-order valence-corrected chi connectivity index (χ0v) is 17.5. The zero-order valence-electron chi connectivity index (χ0n) is 17.5. The number of nitrogens with zero attached hydrogens (tertiary/aromatic N) is 7. The lowest BCUT2D eigenvalue weighted by atomic mass is 9.93. The van der Waals surface area contributed by atoms with Crippen molar-refractivity contribution in [1.82, 2.24) is 29.2 Å². The Labute approximate surface area is 182 Å². The highest BCUT2D eigenvalue weighted by molar-refractivity contribution is 5.75. The number of benzene rings is 1. The largest absolute Gasteiger partial charge is 0.368 e. The fraction of sp³-hybridized carbons (Fsp3) is 0.364. The van der Waals surface area contributed by atoms with Crippen LogP contribution in [0.2, 0.25) is 0 Å². The van der Waals surface area contributed by atoms with Gasteiger partial charge in [-0.2, -0.15) is 4.98 Å². The number of rotatable bonds is 5. The maximum atomic E-state index is 12.7. The van der Waals surface area contributed by atoms with E-state index in [2.05, 4.69) is 25.0 Å². The monoisotopic (exact) mass is 431 g/mol. The molecule has 2 bridgehead atoms. The number of hydrogen-bond donors (Lipinski definition) is 0. The van der Waals surface area contributed by atoms with E-state index in [4.69, 9.17) is 4.52 Å². The van der Waals surface area contributed by atoms with E-state index in [9.17, 15) is 9.59 Å². The first-order valence-electron chi connectivity index (χ1n) is 10.6. The Morgan fingerprint density at radius 3 is 2.72 bits per heavy atom. The maximum Gasteiger partial charge on any atom is 0.280 e. The molecule has 1 aromatic carbocycles. The van der Waals surface area contributed by atoms with Gasteiger partial charge in [-0.1, -0.05) is 5.16 Å². The van der Waals surface area contributed by atoms with Crippen molar-refractivity contribution in [3.05, 3.63) is 64.6 Å². The number of fused-ring (bicyclic) bond motifs is 3. The number of hydrogen-bond acceptors (Lipinski definition) is 8. The van der Waals surface area contributed by atoms with Crippen LogP contribution in [-0.4, -0.2) is 48.1 Å². The third-order valence-electron chi connectivity index (χ3n) is 6.72. The molecule has 4 heterocycles. The first kappa shape index (κ1) is 18.9. The number of piperidine rings is 1. The van der Waals surface area contributed by atoms with Gasteiger partial charge in [-0.3, -0.25) is 14.2 Å². The Morgan fingerprint density at radius 2 is 1.97 bits per heavy atom. The molecule has 4 aromatic rings. The fourth-order valence-electron chi connectivity index (χ4n) is 5.14. The van der Waals surface area contributed by atoms with Gasteiger partial charge in [0.05, 0.1) is 6.33 Å². The molecule has 3 aromatic heterocycles. The Kier molecular flexibility index (Phi) is 4.20. The molecule has 0 N–H and O–H groups in total. The molecule has 10 heteroatoms. The molecule has 2 fully saturated rings. The van der Waals surface area contributed by atoms with Crippen LogP contribution < -0.4 is 10.5 Å². The summed E-state index contributed by atoms with van der Waals surface area (Å²) in [4.78, 5) is 39.0. The van der Waals surface area contributed by atoms with E-state index in [-0.39, 0.29) is 18.0 Å². The summed E-state index contributed by atoms with van der Waals surface area (Å²) < 4.78 is 8.61. The van der Waals surface area contributed by atoms with Gasteiger partial charge in [0.15, 0.2) is 17.0 Å². The van der Waals surface area contributed by atoms with Gasteiger partial charge in [-0.15, -0.1) is 0 Å². The van der Waals surface area contributed by atoms with Crippen LogP contribution in [0.15, 0.2) is 46.2 Å². The third kappa shape index (κ3) is 2.94. The van der Waals surface area contributed by atoms with Crippen molar-refractivity contribution in [1.29, 1.82) is 0 Å². The van der Waals surface area contributed by atoms with E-state index < -0.39 is 0 Å². The normalized spacial score (nSPS) is 22.2. The van der Waals surface area contributed by atoms with Crippen molar-refractivity contribution < 1.29 is 9.32 Å². The SMILES string of the molecule is Cn1cnc2ncn(Cc3nc([C@@H]4CC5C[C@H]4CN5c4ccc(C=O)cc4)no3)c(=O)c21. The average molecular weight is 431 g/mol. The third-order valence-corrected chi connectivity index (χ3v) is 6.72. The summed E-state index contributed by atoms with van der Waals surface area (Å²) in [7, 11) is 1.77. The number of aryl methyl sites for hydroxylation is 1. The average Bonchev–Trinajstić information content (AvgIpc) is 3.60. The maximum absolute atomic E-state index is 12.7. The summed E-state index contributed by atoms with van der Waals surface area (Å²) in [5.41, 5.74) is 2.51. The van der Waals surface area contributed by atoms with E-state index in [0.717, 1.165) is 31.4 Å². The van der Waals surface area contributed by atoms with E-state index in [1.165, 1.54) is 10.9 Å². The number of aromatic nitrogens is 6. The molecule has 0 radical (unpaired) electrons. The van der Waals surface area contributed by atoms with Gasteiger partial charge in [-0.05, 0) is 43.0 Å². The number of anilines is 1. The number of aldehydes is 1. The second-order valence-corrected chi connectivity index (χ2v) is 8.61. The van der Waals surface area contributed by atoms with Gasteiger partial charge >= 0.3 is 0 Å². The molecule has 6 rings (SSSR count). The van der Waals surface area contributed by atoms with Crippen LogP contribution >= 0.6 is 0 Å². The molecule has 3 atom stereocenters. The molecule has 10 nitrogen and oxygen atoms in total. The van der Waals surface area contributed by atoms with Crippen LogP contribution in [-0.2, 0) is 13.6 Å². The molecule has 1 saturated carbocycles. The van der Waals surface area contributed by atoms with E-state index in [1.807, 2.05) is 24.3 Å². The van der Waals surface area contributed by atoms with Gasteiger partial charge in [-0.25, -0.2) is 9.97 Å². The van der Waals surface area contributed by atoms with Crippen molar-refractivity contribution in [3.63, 3.8) is 0 Å². The zero-order chi connectivity index (χ0) is 21.8. The summed E-state index contributed by atoms with van der Waals surface area (Å²) in [5, 5.41) is 4.24. The van der Waals surface area contributed by atoms with Crippen LogP contribution in [0.3, 0.4) is 0 Å². The Bertz CT molecular complexity index is 1370. The van der Waals surface area contributed by atoms with Crippen molar-refractivity contribution >= 4 is 23.1 Å². The second kappa shape index (κ2) is 7.11. The first-order valence-corrected chi connectivity index (χ1v) is 10.6. The molecule has 0 amide bonds. The Balaban J connectivity index is 1.18. The molecular weight excluding hydrogens is 410 g/mol. The van der Waals surface area contributed by atoms with Crippen LogP contribution in [0, 0.1) is 5.92 Å². The topological polar surface area (TPSA) is 112 Å². The van der Waals surface area contributed by atoms with Crippen molar-refractivity contribution in [2.75, 3.05) is 11.4 Å². The summed E-state index contributed by atoms with van der Waals surface area (Å²) in [6.07, 6.45) is 5.95. The van der Waals surface area contributed by atoms with Crippen molar-refractivity contribution in [2.45, 2.75) is 31.3 Å². The number of carbonyl (C=O) groups is 1. The van der Waals surface area contributed by atoms with Crippen molar-refractivity contribution in [3.8, 4) is 0 Å². The van der Waals surface area contributed by atoms with Crippen molar-refractivity contribution in [2.24, 2.45) is 13.0 Å². The highest BCUT2D eigenvalue weighted by atomic mass is 16.5.